The fourth-order valence-electron chi connectivity index (χ4n) is 7.10. The number of guanidine groups is 1. The van der Waals surface area contributed by atoms with E-state index < -0.39 is 103 Å². The van der Waals surface area contributed by atoms with Crippen molar-refractivity contribution in [2.24, 2.45) is 33.8 Å². The SMILES string of the molecule is CC(C)C[C@H](NC(=O)[C@H](Cc1ccc(O)cc1)NC(=O)[C@@H]1CCCN1C(=O)[C@H](CCC(=O)O)NC(=O)[C@@H](N)CO)C(=O)N[C@@H](CCCN=C(N)N)C(=O)N[C@@H](Cc1ccccc1)C(N)=O. The Bertz CT molecular complexity index is 1980. The summed E-state index contributed by atoms with van der Waals surface area (Å²) in [6.45, 7) is 3.03. The molecule has 3 rings (SSSR count). The van der Waals surface area contributed by atoms with Gasteiger partial charge in [0.05, 0.1) is 6.61 Å². The molecule has 2 aromatic rings. The number of carbonyl (C=O) groups is 8. The molecule has 0 aromatic heterocycles. The zero-order valence-electron chi connectivity index (χ0n) is 36.6. The largest absolute Gasteiger partial charge is 0.508 e. The molecule has 7 atom stereocenters. The van der Waals surface area contributed by atoms with Crippen molar-refractivity contribution in [3.8, 4) is 5.75 Å². The zero-order valence-corrected chi connectivity index (χ0v) is 36.6. The summed E-state index contributed by atoms with van der Waals surface area (Å²) in [5.74, 6) is -7.21. The van der Waals surface area contributed by atoms with Gasteiger partial charge in [-0.05, 0) is 67.7 Å². The molecule has 65 heavy (non-hydrogen) atoms. The van der Waals surface area contributed by atoms with Crippen molar-refractivity contribution in [1.82, 2.24) is 31.5 Å². The Morgan fingerprint density at radius 1 is 0.738 bits per heavy atom. The number of carboxylic acids is 1. The number of nitrogens with zero attached hydrogens (tertiary/aromatic N) is 2. The molecule has 0 unspecified atom stereocenters. The number of amides is 7. The number of aliphatic imine (C=N–C) groups is 1. The molecule has 22 nitrogen and oxygen atoms in total. The zero-order chi connectivity index (χ0) is 48.2. The first-order valence-electron chi connectivity index (χ1n) is 21.4. The van der Waals surface area contributed by atoms with Crippen LogP contribution in [0, 0.1) is 5.92 Å². The van der Waals surface area contributed by atoms with Crippen molar-refractivity contribution >= 4 is 53.3 Å². The third-order valence-corrected chi connectivity index (χ3v) is 10.5. The van der Waals surface area contributed by atoms with Crippen molar-refractivity contribution in [2.45, 2.75) is 114 Å². The summed E-state index contributed by atoms with van der Waals surface area (Å²) in [5, 5.41) is 41.7. The number of hydrogen-bond donors (Lipinski definition) is 12. The van der Waals surface area contributed by atoms with E-state index in [1.807, 2.05) is 0 Å². The van der Waals surface area contributed by atoms with Crippen molar-refractivity contribution in [1.29, 1.82) is 0 Å². The summed E-state index contributed by atoms with van der Waals surface area (Å²) in [4.78, 5) is 112. The lowest BCUT2D eigenvalue weighted by Gasteiger charge is -2.30. The van der Waals surface area contributed by atoms with Crippen LogP contribution in [0.2, 0.25) is 0 Å². The van der Waals surface area contributed by atoms with Gasteiger partial charge in [0.2, 0.25) is 41.4 Å². The first-order valence-corrected chi connectivity index (χ1v) is 21.4. The highest BCUT2D eigenvalue weighted by atomic mass is 16.4. The van der Waals surface area contributed by atoms with Crippen molar-refractivity contribution in [2.75, 3.05) is 19.7 Å². The second-order valence-electron chi connectivity index (χ2n) is 16.3. The van der Waals surface area contributed by atoms with Gasteiger partial charge in [-0.25, -0.2) is 0 Å². The third kappa shape index (κ3) is 17.7. The smallest absolute Gasteiger partial charge is 0.303 e. The average molecular weight is 910 g/mol. The van der Waals surface area contributed by atoms with E-state index in [4.69, 9.17) is 22.9 Å². The molecule has 16 N–H and O–H groups in total. The molecule has 0 spiro atoms. The lowest BCUT2D eigenvalue weighted by atomic mass is 9.99. The number of aliphatic hydroxyl groups is 1. The first kappa shape index (κ1) is 52.5. The third-order valence-electron chi connectivity index (χ3n) is 10.5. The number of likely N-dealkylation sites (tertiary alicyclic amines) is 1. The second kappa shape index (κ2) is 26.1. The van der Waals surface area contributed by atoms with Gasteiger partial charge >= 0.3 is 5.97 Å². The number of phenols is 1. The van der Waals surface area contributed by atoms with Crippen LogP contribution in [-0.4, -0.2) is 135 Å². The van der Waals surface area contributed by atoms with Gasteiger partial charge in [0.25, 0.3) is 0 Å². The molecule has 0 saturated carbocycles. The number of carbonyl (C=O) groups excluding carboxylic acids is 7. The second-order valence-corrected chi connectivity index (χ2v) is 16.3. The quantitative estimate of drug-likeness (QED) is 0.0261. The molecule has 1 aliphatic heterocycles. The maximum atomic E-state index is 14.3. The number of aliphatic carboxylic acids is 1. The summed E-state index contributed by atoms with van der Waals surface area (Å²) in [6.07, 6.45) is -0.118. The summed E-state index contributed by atoms with van der Waals surface area (Å²) in [6, 6.07) is 5.68. The van der Waals surface area contributed by atoms with E-state index in [0.717, 1.165) is 5.56 Å². The number of primary amides is 1. The summed E-state index contributed by atoms with van der Waals surface area (Å²) in [7, 11) is 0. The number of carboxylic acid groups (broad SMARTS) is 1. The molecule has 22 heteroatoms. The van der Waals surface area contributed by atoms with E-state index in [2.05, 4.69) is 31.6 Å². The summed E-state index contributed by atoms with van der Waals surface area (Å²) in [5.41, 5.74) is 23.4. The Hall–Kier alpha value is -6.81. The number of rotatable bonds is 26. The Kier molecular flexibility index (Phi) is 21.1. The number of aliphatic hydroxyl groups excluding tert-OH is 1. The molecule has 0 radical (unpaired) electrons. The van der Waals surface area contributed by atoms with Crippen LogP contribution < -0.4 is 49.5 Å². The minimum atomic E-state index is -1.40. The van der Waals surface area contributed by atoms with Crippen LogP contribution in [0.25, 0.3) is 0 Å². The van der Waals surface area contributed by atoms with Crippen LogP contribution in [0.1, 0.15) is 69.9 Å². The minimum absolute atomic E-state index is 0.0126. The topological polar surface area (TPSA) is 377 Å². The van der Waals surface area contributed by atoms with Crippen LogP contribution >= 0.6 is 0 Å². The minimum Gasteiger partial charge on any atom is -0.508 e. The van der Waals surface area contributed by atoms with Crippen LogP contribution in [0.4, 0.5) is 0 Å². The van der Waals surface area contributed by atoms with Gasteiger partial charge in [0.15, 0.2) is 5.96 Å². The van der Waals surface area contributed by atoms with E-state index in [1.165, 1.54) is 29.2 Å². The molecule has 0 bridgehead atoms. The van der Waals surface area contributed by atoms with Crippen molar-refractivity contribution in [3.05, 3.63) is 65.7 Å². The van der Waals surface area contributed by atoms with E-state index >= 15 is 0 Å². The van der Waals surface area contributed by atoms with Crippen molar-refractivity contribution in [3.63, 3.8) is 0 Å². The predicted octanol–water partition coefficient (Wildman–Crippen LogP) is -2.64. The Labute approximate surface area is 376 Å². The number of nitrogens with two attached hydrogens (primary N) is 4. The van der Waals surface area contributed by atoms with Gasteiger partial charge in [-0.15, -0.1) is 0 Å². The number of hydrogen-bond acceptors (Lipinski definition) is 12. The Morgan fingerprint density at radius 2 is 1.31 bits per heavy atom. The lowest BCUT2D eigenvalue weighted by molar-refractivity contribution is -0.143. The van der Waals surface area contributed by atoms with Gasteiger partial charge in [-0.1, -0.05) is 56.3 Å². The van der Waals surface area contributed by atoms with E-state index in [-0.39, 0.29) is 75.7 Å². The van der Waals surface area contributed by atoms with Crippen molar-refractivity contribution < 1.29 is 53.7 Å². The molecular weight excluding hydrogens is 847 g/mol. The average Bonchev–Trinajstić information content (AvgIpc) is 3.76. The predicted molar refractivity (Wildman–Crippen MR) is 237 cm³/mol. The Morgan fingerprint density at radius 3 is 1.91 bits per heavy atom. The fourth-order valence-corrected chi connectivity index (χ4v) is 7.10. The molecule has 7 amide bonds. The molecule has 1 saturated heterocycles. The highest BCUT2D eigenvalue weighted by molar-refractivity contribution is 5.97. The number of aromatic hydroxyl groups is 1. The van der Waals surface area contributed by atoms with Gasteiger partial charge in [0.1, 0.15) is 48.0 Å². The Balaban J connectivity index is 1.89. The van der Waals surface area contributed by atoms with Crippen LogP contribution in [0.5, 0.6) is 5.75 Å². The molecule has 0 aliphatic carbocycles. The summed E-state index contributed by atoms with van der Waals surface area (Å²) >= 11 is 0. The number of phenolic OH excluding ortho intramolecular Hbond substituents is 1. The lowest BCUT2D eigenvalue weighted by Crippen LogP contribution is -2.60. The van der Waals surface area contributed by atoms with E-state index in [9.17, 15) is 53.7 Å². The van der Waals surface area contributed by atoms with Gasteiger partial charge in [-0.2, -0.15) is 0 Å². The van der Waals surface area contributed by atoms with Gasteiger partial charge in [-0.3, -0.25) is 43.3 Å². The van der Waals surface area contributed by atoms with Crippen LogP contribution in [-0.2, 0) is 51.2 Å². The molecular formula is C43H63N11O11. The molecule has 1 aliphatic rings. The monoisotopic (exact) mass is 909 g/mol. The normalized spacial score (nSPS) is 16.1. The highest BCUT2D eigenvalue weighted by Gasteiger charge is 2.40. The van der Waals surface area contributed by atoms with Crippen LogP contribution in [0.3, 0.4) is 0 Å². The fraction of sp³-hybridized carbons (Fsp3) is 0.512. The highest BCUT2D eigenvalue weighted by Crippen LogP contribution is 2.21. The molecule has 2 aromatic carbocycles. The van der Waals surface area contributed by atoms with Crippen LogP contribution in [0.15, 0.2) is 59.6 Å². The standard InChI is InChI=1S/C43H63N11O11/c1-24(2)20-32(39(62)49-29(10-6-18-48-43(46)47)38(61)51-31(36(45)59)21-25-8-4-3-5-9-25)52-40(63)33(22-26-12-14-27(56)15-13-26)53-41(64)34-11-7-19-54(34)42(65)30(16-17-35(57)58)50-37(60)28(44)23-55/h3-5,8-9,12-15,24,28-34,55-56H,6-7,10-11,16-23,44H2,1-2H3,(H2,45,59)(H,49,62)(H,50,60)(H,51,61)(H,52,63)(H,53,64)(H,57,58)(H4,46,47,48)/t28-,29-,30-,31-,32-,33-,34-/m0/s1. The van der Waals surface area contributed by atoms with E-state index in [0.29, 0.717) is 12.0 Å². The maximum Gasteiger partial charge on any atom is 0.303 e. The van der Waals surface area contributed by atoms with Gasteiger partial charge < -0.3 is 69.7 Å². The van der Waals surface area contributed by atoms with Gasteiger partial charge in [0, 0.05) is 32.4 Å². The number of nitrogens with one attached hydrogen (secondary N) is 5. The first-order chi connectivity index (χ1) is 30.8. The van der Waals surface area contributed by atoms with E-state index in [1.54, 1.807) is 44.2 Å². The number of benzene rings is 2. The maximum absolute atomic E-state index is 14.3. The summed E-state index contributed by atoms with van der Waals surface area (Å²) < 4.78 is 0. The molecule has 1 heterocycles. The molecule has 1 fully saturated rings. The molecule has 356 valence electrons.